The second-order valence-corrected chi connectivity index (χ2v) is 7.45. The van der Waals surface area contributed by atoms with Gasteiger partial charge in [0.05, 0.1) is 52.5 Å². The Morgan fingerprint density at radius 2 is 1.66 bits per heavy atom. The molecule has 0 saturated carbocycles. The Balaban J connectivity index is 1.82. The number of anilines is 1. The maximum absolute atomic E-state index is 5.55. The van der Waals surface area contributed by atoms with Gasteiger partial charge in [0, 0.05) is 17.0 Å². The first-order valence-corrected chi connectivity index (χ1v) is 10.3. The first-order valence-electron chi connectivity index (χ1n) is 10.3. The molecule has 6 nitrogen and oxygen atoms in total. The number of hydrogen-bond donors (Lipinski definition) is 1. The van der Waals surface area contributed by atoms with Gasteiger partial charge in [-0.25, -0.2) is 9.97 Å². The van der Waals surface area contributed by atoms with Crippen molar-refractivity contribution < 1.29 is 14.4 Å². The Morgan fingerprint density at radius 1 is 0.966 bits per heavy atom. The summed E-state index contributed by atoms with van der Waals surface area (Å²) in [4.78, 5) is 13.9. The second kappa shape index (κ2) is 8.66. The molecule has 2 aromatic carbocycles. The lowest BCUT2D eigenvalue weighted by atomic mass is 10.1. The fourth-order valence-electron chi connectivity index (χ4n) is 4.04. The normalized spacial score (nSPS) is 14.9. The first-order chi connectivity index (χ1) is 14.2. The van der Waals surface area contributed by atoms with Crippen molar-refractivity contribution in [3.8, 4) is 22.9 Å². The molecule has 0 atom stereocenters. The molecule has 1 aliphatic heterocycles. The molecule has 0 unspecified atom stereocenters. The third kappa shape index (κ3) is 3.98. The summed E-state index contributed by atoms with van der Waals surface area (Å²) in [5, 5.41) is 1.00. The lowest BCUT2D eigenvalue weighted by Crippen LogP contribution is -3.14. The van der Waals surface area contributed by atoms with E-state index in [1.54, 1.807) is 19.1 Å². The standard InChI is InChI=1S/C23H28N4O2/c1-4-10-26-11-13-27(14-12-26)23-18-15-20(28-2)21(29-3)16-19(18)24-22(25-23)17-8-6-5-7-9-17/h5-9,15-16H,4,10-14H2,1-3H3/p+1. The average molecular weight is 394 g/mol. The van der Waals surface area contributed by atoms with Crippen LogP contribution in [0.25, 0.3) is 22.3 Å². The Labute approximate surface area is 172 Å². The number of methoxy groups -OCH3 is 2. The highest BCUT2D eigenvalue weighted by Gasteiger charge is 2.24. The van der Waals surface area contributed by atoms with Gasteiger partial charge in [0.2, 0.25) is 0 Å². The summed E-state index contributed by atoms with van der Waals surface area (Å²) >= 11 is 0. The van der Waals surface area contributed by atoms with E-state index in [1.807, 2.05) is 30.3 Å². The molecule has 0 amide bonds. The van der Waals surface area contributed by atoms with Crippen molar-refractivity contribution in [1.29, 1.82) is 0 Å². The van der Waals surface area contributed by atoms with Crippen LogP contribution in [0.15, 0.2) is 42.5 Å². The van der Waals surface area contributed by atoms with Crippen molar-refractivity contribution >= 4 is 16.7 Å². The Morgan fingerprint density at radius 3 is 2.31 bits per heavy atom. The maximum atomic E-state index is 5.55. The highest BCUT2D eigenvalue weighted by Crippen LogP contribution is 2.36. The highest BCUT2D eigenvalue weighted by atomic mass is 16.5. The lowest BCUT2D eigenvalue weighted by Gasteiger charge is -2.33. The van der Waals surface area contributed by atoms with E-state index in [0.717, 1.165) is 54.3 Å². The summed E-state index contributed by atoms with van der Waals surface area (Å²) in [6.07, 6.45) is 1.22. The number of fused-ring (bicyclic) bond motifs is 1. The number of benzene rings is 2. The second-order valence-electron chi connectivity index (χ2n) is 7.45. The van der Waals surface area contributed by atoms with Crippen LogP contribution < -0.4 is 19.3 Å². The number of aromatic nitrogens is 2. The van der Waals surface area contributed by atoms with Crippen LogP contribution in [0.2, 0.25) is 0 Å². The number of rotatable bonds is 6. The number of nitrogens with zero attached hydrogens (tertiary/aromatic N) is 3. The van der Waals surface area contributed by atoms with Gasteiger partial charge >= 0.3 is 0 Å². The molecule has 0 aliphatic carbocycles. The van der Waals surface area contributed by atoms with Crippen molar-refractivity contribution in [2.24, 2.45) is 0 Å². The molecule has 0 spiro atoms. The molecule has 0 bridgehead atoms. The van der Waals surface area contributed by atoms with Crippen LogP contribution in [-0.4, -0.2) is 56.9 Å². The molecule has 1 aromatic heterocycles. The van der Waals surface area contributed by atoms with E-state index in [4.69, 9.17) is 19.4 Å². The van der Waals surface area contributed by atoms with Crippen LogP contribution in [0.3, 0.4) is 0 Å². The SMILES string of the molecule is CCC[NH+]1CCN(c2nc(-c3ccccc3)nc3cc(OC)c(OC)cc23)CC1. The van der Waals surface area contributed by atoms with Gasteiger partial charge in [-0.2, -0.15) is 0 Å². The number of piperazine rings is 1. The summed E-state index contributed by atoms with van der Waals surface area (Å²) < 4.78 is 11.1. The number of ether oxygens (including phenoxy) is 2. The topological polar surface area (TPSA) is 51.9 Å². The monoisotopic (exact) mass is 393 g/mol. The fraction of sp³-hybridized carbons (Fsp3) is 0.391. The minimum atomic E-state index is 0.681. The summed E-state index contributed by atoms with van der Waals surface area (Å²) in [5.74, 6) is 3.10. The predicted octanol–water partition coefficient (Wildman–Crippen LogP) is 2.43. The largest absolute Gasteiger partial charge is 0.493 e. The van der Waals surface area contributed by atoms with Crippen LogP contribution in [0.1, 0.15) is 13.3 Å². The van der Waals surface area contributed by atoms with E-state index in [-0.39, 0.29) is 0 Å². The molecule has 0 radical (unpaired) electrons. The van der Waals surface area contributed by atoms with Crippen molar-refractivity contribution in [3.05, 3.63) is 42.5 Å². The molecule has 1 aliphatic rings. The number of quaternary nitrogens is 1. The molecule has 2 heterocycles. The third-order valence-corrected chi connectivity index (χ3v) is 5.59. The lowest BCUT2D eigenvalue weighted by molar-refractivity contribution is -0.900. The summed E-state index contributed by atoms with van der Waals surface area (Å²) in [5.41, 5.74) is 1.88. The van der Waals surface area contributed by atoms with Gasteiger partial charge in [-0.1, -0.05) is 37.3 Å². The van der Waals surface area contributed by atoms with Crippen LogP contribution in [0.4, 0.5) is 5.82 Å². The zero-order valence-corrected chi connectivity index (χ0v) is 17.4. The van der Waals surface area contributed by atoms with Crippen LogP contribution in [-0.2, 0) is 0 Å². The Hall–Kier alpha value is -2.86. The molecular weight excluding hydrogens is 364 g/mol. The highest BCUT2D eigenvalue weighted by molar-refractivity contribution is 5.93. The summed E-state index contributed by atoms with van der Waals surface area (Å²) in [6, 6.07) is 14.1. The quantitative estimate of drug-likeness (QED) is 0.697. The zero-order chi connectivity index (χ0) is 20.2. The van der Waals surface area contributed by atoms with Gasteiger partial charge in [0.15, 0.2) is 17.3 Å². The third-order valence-electron chi connectivity index (χ3n) is 5.59. The Kier molecular flexibility index (Phi) is 5.81. The summed E-state index contributed by atoms with van der Waals surface area (Å²) in [7, 11) is 3.31. The molecule has 4 rings (SSSR count). The Bertz CT molecular complexity index is 970. The minimum Gasteiger partial charge on any atom is -0.493 e. The van der Waals surface area contributed by atoms with Crippen molar-refractivity contribution in [2.75, 3.05) is 51.8 Å². The van der Waals surface area contributed by atoms with E-state index in [0.29, 0.717) is 11.5 Å². The average Bonchev–Trinajstić information content (AvgIpc) is 2.78. The zero-order valence-electron chi connectivity index (χ0n) is 17.4. The van der Waals surface area contributed by atoms with Crippen LogP contribution >= 0.6 is 0 Å². The first kappa shape index (κ1) is 19.5. The van der Waals surface area contributed by atoms with E-state index in [2.05, 4.69) is 24.0 Å². The minimum absolute atomic E-state index is 0.681. The van der Waals surface area contributed by atoms with Crippen LogP contribution in [0, 0.1) is 0 Å². The fourth-order valence-corrected chi connectivity index (χ4v) is 4.04. The van der Waals surface area contributed by atoms with E-state index >= 15 is 0 Å². The van der Waals surface area contributed by atoms with E-state index < -0.39 is 0 Å². The van der Waals surface area contributed by atoms with Gasteiger partial charge in [0.1, 0.15) is 5.82 Å². The molecule has 6 heteroatoms. The van der Waals surface area contributed by atoms with E-state index in [1.165, 1.54) is 13.0 Å². The van der Waals surface area contributed by atoms with Crippen LogP contribution in [0.5, 0.6) is 11.5 Å². The molecule has 1 N–H and O–H groups in total. The van der Waals surface area contributed by atoms with E-state index in [9.17, 15) is 0 Å². The number of nitrogens with one attached hydrogen (secondary N) is 1. The molecule has 29 heavy (non-hydrogen) atoms. The van der Waals surface area contributed by atoms with Crippen molar-refractivity contribution in [1.82, 2.24) is 9.97 Å². The van der Waals surface area contributed by atoms with Gasteiger partial charge in [0.25, 0.3) is 0 Å². The molecular formula is C23H29N4O2+. The van der Waals surface area contributed by atoms with Crippen molar-refractivity contribution in [3.63, 3.8) is 0 Å². The molecule has 152 valence electrons. The van der Waals surface area contributed by atoms with Gasteiger partial charge in [-0.15, -0.1) is 0 Å². The van der Waals surface area contributed by atoms with Gasteiger partial charge in [-0.05, 0) is 12.5 Å². The van der Waals surface area contributed by atoms with Gasteiger partial charge < -0.3 is 19.3 Å². The van der Waals surface area contributed by atoms with Crippen molar-refractivity contribution in [2.45, 2.75) is 13.3 Å². The predicted molar refractivity (Wildman–Crippen MR) is 116 cm³/mol. The maximum Gasteiger partial charge on any atom is 0.162 e. The van der Waals surface area contributed by atoms with Gasteiger partial charge in [-0.3, -0.25) is 0 Å². The molecule has 3 aromatic rings. The molecule has 1 fully saturated rings. The molecule has 1 saturated heterocycles. The summed E-state index contributed by atoms with van der Waals surface area (Å²) in [6.45, 7) is 7.73. The smallest absolute Gasteiger partial charge is 0.162 e. The number of hydrogen-bond acceptors (Lipinski definition) is 5.